The van der Waals surface area contributed by atoms with Crippen LogP contribution in [0.2, 0.25) is 5.02 Å². The zero-order chi connectivity index (χ0) is 22.6. The van der Waals surface area contributed by atoms with Crippen LogP contribution >= 0.6 is 11.6 Å². The lowest BCUT2D eigenvalue weighted by Gasteiger charge is -2.40. The highest BCUT2D eigenvalue weighted by molar-refractivity contribution is 6.30. The van der Waals surface area contributed by atoms with Crippen molar-refractivity contribution in [3.63, 3.8) is 0 Å². The van der Waals surface area contributed by atoms with Crippen LogP contribution in [-0.2, 0) is 0 Å². The van der Waals surface area contributed by atoms with Gasteiger partial charge in [-0.3, -0.25) is 0 Å². The predicted octanol–water partition coefficient (Wildman–Crippen LogP) is 6.11. The fourth-order valence-electron chi connectivity index (χ4n) is 1.81. The molecule has 15 heteroatoms. The number of hydrogen-bond acceptors (Lipinski definition) is 1. The molecule has 1 aromatic carbocycles. The topological polar surface area (TPSA) is 20.2 Å². The summed E-state index contributed by atoms with van der Waals surface area (Å²) in [5.41, 5.74) is -1.30. The quantitative estimate of drug-likeness (QED) is 0.508. The average Bonchev–Trinajstić information content (AvgIpc) is 2.53. The Bertz CT molecular complexity index is 695. The maximum Gasteiger partial charge on any atom is 0.460 e. The highest BCUT2D eigenvalue weighted by Gasteiger charge is 2.91. The standard InChI is InChI=1S/C13H6ClF13O/c14-6-3-1-5(2-4-6)7(28)8(15,16)9(17,18)10(19,20)11(21,22)12(23,24)13(25,26)27/h1-4,7,28H. The molecule has 0 saturated heterocycles. The van der Waals surface area contributed by atoms with Crippen molar-refractivity contribution in [2.24, 2.45) is 0 Å². The van der Waals surface area contributed by atoms with Gasteiger partial charge in [-0.25, -0.2) is 0 Å². The van der Waals surface area contributed by atoms with Gasteiger partial charge in [0.2, 0.25) is 0 Å². The summed E-state index contributed by atoms with van der Waals surface area (Å²) in [5, 5.41) is 8.98. The predicted molar refractivity (Wildman–Crippen MR) is 67.2 cm³/mol. The highest BCUT2D eigenvalue weighted by Crippen LogP contribution is 2.61. The molecule has 0 aliphatic rings. The first-order chi connectivity index (χ1) is 12.2. The molecule has 28 heavy (non-hydrogen) atoms. The Morgan fingerprint density at radius 1 is 0.607 bits per heavy atom. The first-order valence-electron chi connectivity index (χ1n) is 6.55. The molecule has 0 saturated carbocycles. The fraction of sp³-hybridized carbons (Fsp3) is 0.538. The lowest BCUT2D eigenvalue weighted by Crippen LogP contribution is -2.70. The first kappa shape index (κ1) is 24.6. The summed E-state index contributed by atoms with van der Waals surface area (Å²) >= 11 is 5.32. The molecule has 162 valence electrons. The first-order valence-corrected chi connectivity index (χ1v) is 6.93. The Hall–Kier alpha value is -1.44. The number of alkyl halides is 13. The van der Waals surface area contributed by atoms with E-state index in [1.165, 1.54) is 0 Å². The van der Waals surface area contributed by atoms with E-state index < -0.39 is 47.5 Å². The number of halogens is 14. The third-order valence-corrected chi connectivity index (χ3v) is 3.74. The smallest absolute Gasteiger partial charge is 0.382 e. The van der Waals surface area contributed by atoms with Gasteiger partial charge in [-0.15, -0.1) is 0 Å². The lowest BCUT2D eigenvalue weighted by molar-refractivity contribution is -0.444. The van der Waals surface area contributed by atoms with E-state index in [9.17, 15) is 62.2 Å². The molecule has 1 nitrogen and oxygen atoms in total. The summed E-state index contributed by atoms with van der Waals surface area (Å²) in [6, 6.07) is 2.10. The molecule has 0 aliphatic heterocycles. The maximum atomic E-state index is 13.7. The van der Waals surface area contributed by atoms with Crippen molar-refractivity contribution in [3.8, 4) is 0 Å². The highest BCUT2D eigenvalue weighted by atomic mass is 35.5. The number of hydrogen-bond donors (Lipinski definition) is 1. The van der Waals surface area contributed by atoms with Crippen molar-refractivity contribution in [2.75, 3.05) is 0 Å². The van der Waals surface area contributed by atoms with Crippen LogP contribution in [0.15, 0.2) is 24.3 Å². The summed E-state index contributed by atoms with van der Waals surface area (Å²) in [5.74, 6) is -37.9. The van der Waals surface area contributed by atoms with Gasteiger partial charge in [0.1, 0.15) is 6.10 Å². The molecular formula is C13H6ClF13O. The number of aliphatic hydroxyl groups is 1. The van der Waals surface area contributed by atoms with Crippen LogP contribution in [0.1, 0.15) is 11.7 Å². The second-order valence-corrected chi connectivity index (χ2v) is 5.81. The summed E-state index contributed by atoms with van der Waals surface area (Å²) in [6.45, 7) is 0. The zero-order valence-electron chi connectivity index (χ0n) is 12.6. The van der Waals surface area contributed by atoms with Crippen LogP contribution in [0, 0.1) is 0 Å². The van der Waals surface area contributed by atoms with E-state index in [0.717, 1.165) is 0 Å². The van der Waals surface area contributed by atoms with Gasteiger partial charge in [0.15, 0.2) is 0 Å². The molecule has 1 unspecified atom stereocenters. The minimum absolute atomic E-state index is 0.229. The molecule has 1 rings (SSSR count). The minimum Gasteiger partial charge on any atom is -0.382 e. The third-order valence-electron chi connectivity index (χ3n) is 3.49. The SMILES string of the molecule is OC(c1ccc(Cl)cc1)C(F)(F)C(F)(F)C(F)(F)C(F)(F)C(F)(F)C(F)(F)F. The van der Waals surface area contributed by atoms with Gasteiger partial charge in [0, 0.05) is 5.02 Å². The van der Waals surface area contributed by atoms with Crippen LogP contribution in [0.5, 0.6) is 0 Å². The molecule has 0 amide bonds. The second-order valence-electron chi connectivity index (χ2n) is 5.37. The van der Waals surface area contributed by atoms with Crippen molar-refractivity contribution in [1.29, 1.82) is 0 Å². The second kappa shape index (κ2) is 6.82. The van der Waals surface area contributed by atoms with Crippen molar-refractivity contribution < 1.29 is 62.2 Å². The molecule has 0 heterocycles. The molecular weight excluding hydrogens is 455 g/mol. The molecule has 0 aliphatic carbocycles. The van der Waals surface area contributed by atoms with Gasteiger partial charge in [-0.05, 0) is 17.7 Å². The van der Waals surface area contributed by atoms with Gasteiger partial charge in [0.05, 0.1) is 0 Å². The monoisotopic (exact) mass is 460 g/mol. The Morgan fingerprint density at radius 2 is 0.964 bits per heavy atom. The summed E-state index contributed by atoms with van der Waals surface area (Å²) < 4.78 is 169. The van der Waals surface area contributed by atoms with Crippen molar-refractivity contribution in [3.05, 3.63) is 34.9 Å². The van der Waals surface area contributed by atoms with E-state index in [1.807, 2.05) is 0 Å². The Kier molecular flexibility index (Phi) is 5.99. The van der Waals surface area contributed by atoms with E-state index in [1.54, 1.807) is 0 Å². The van der Waals surface area contributed by atoms with Gasteiger partial charge < -0.3 is 5.11 Å². The largest absolute Gasteiger partial charge is 0.460 e. The Labute approximate surface area is 151 Å². The summed E-state index contributed by atoms with van der Waals surface area (Å²) in [4.78, 5) is 0. The third kappa shape index (κ3) is 3.37. The fourth-order valence-corrected chi connectivity index (χ4v) is 1.93. The van der Waals surface area contributed by atoms with Crippen LogP contribution < -0.4 is 0 Å². The molecule has 1 N–H and O–H groups in total. The molecule has 0 bridgehead atoms. The van der Waals surface area contributed by atoms with Crippen LogP contribution in [0.3, 0.4) is 0 Å². The van der Waals surface area contributed by atoms with Gasteiger partial charge in [0.25, 0.3) is 0 Å². The Balaban J connectivity index is 3.50. The number of aliphatic hydroxyl groups excluding tert-OH is 1. The van der Waals surface area contributed by atoms with Crippen molar-refractivity contribution >= 4 is 11.6 Å². The van der Waals surface area contributed by atoms with E-state index in [0.29, 0.717) is 24.3 Å². The molecule has 1 aromatic rings. The van der Waals surface area contributed by atoms with E-state index >= 15 is 0 Å². The Morgan fingerprint density at radius 3 is 1.32 bits per heavy atom. The molecule has 0 fully saturated rings. The molecule has 0 aromatic heterocycles. The van der Waals surface area contributed by atoms with E-state index in [2.05, 4.69) is 0 Å². The van der Waals surface area contributed by atoms with Crippen LogP contribution in [0.25, 0.3) is 0 Å². The van der Waals surface area contributed by atoms with Crippen molar-refractivity contribution in [1.82, 2.24) is 0 Å². The average molecular weight is 461 g/mol. The number of benzene rings is 1. The molecule has 0 spiro atoms. The van der Waals surface area contributed by atoms with Crippen LogP contribution in [-0.4, -0.2) is 40.9 Å². The normalized spacial score (nSPS) is 16.2. The minimum atomic E-state index is -8.01. The van der Waals surface area contributed by atoms with Gasteiger partial charge in [-0.2, -0.15) is 57.1 Å². The maximum absolute atomic E-state index is 13.7. The zero-order valence-corrected chi connectivity index (χ0v) is 13.4. The molecule has 1 atom stereocenters. The van der Waals surface area contributed by atoms with Crippen LogP contribution in [0.4, 0.5) is 57.1 Å². The number of rotatable bonds is 6. The van der Waals surface area contributed by atoms with E-state index in [4.69, 9.17) is 11.6 Å². The van der Waals surface area contributed by atoms with Crippen molar-refractivity contribution in [2.45, 2.75) is 41.9 Å². The lowest BCUT2D eigenvalue weighted by atomic mass is 9.89. The van der Waals surface area contributed by atoms with Gasteiger partial charge in [-0.1, -0.05) is 23.7 Å². The van der Waals surface area contributed by atoms with Gasteiger partial charge >= 0.3 is 35.8 Å². The summed E-state index contributed by atoms with van der Waals surface area (Å²) in [6.07, 6.45) is -11.5. The van der Waals surface area contributed by atoms with E-state index in [-0.39, 0.29) is 5.02 Å². The summed E-state index contributed by atoms with van der Waals surface area (Å²) in [7, 11) is 0. The molecule has 0 radical (unpaired) electrons.